The van der Waals surface area contributed by atoms with Gasteiger partial charge in [0, 0.05) is 42.8 Å². The number of ether oxygens (including phenoxy) is 2. The summed E-state index contributed by atoms with van der Waals surface area (Å²) in [7, 11) is 3.24. The molecule has 2 atom stereocenters. The van der Waals surface area contributed by atoms with Crippen molar-refractivity contribution >= 4 is 17.3 Å². The number of allylic oxidation sites excluding steroid dienone is 1. The number of Topliss-reactive ketones (excluding diaryl/α,β-unsaturated/α-hetero) is 1. The molecule has 3 aliphatic rings. The highest BCUT2D eigenvalue weighted by atomic mass is 16.5. The standard InChI is InChI=1S/C20H23NO4/c1-20-6-4-13(22)9-18(20)21-7-5-12-8-16(24-2)17(25-3)10-14(12)15(21)11-19(20)23/h8,10-11,18H,4-7,9H2,1-3H3. The molecule has 2 heterocycles. The molecule has 0 bridgehead atoms. The number of benzene rings is 1. The molecule has 132 valence electrons. The molecule has 1 fully saturated rings. The Hall–Kier alpha value is -2.30. The first-order valence-electron chi connectivity index (χ1n) is 8.77. The lowest BCUT2D eigenvalue weighted by atomic mass is 9.65. The SMILES string of the molecule is COc1cc2c(cc1OC)C1=CC(=O)C3(C)CCC(=O)CC3N1CC2. The third kappa shape index (κ3) is 2.29. The van der Waals surface area contributed by atoms with E-state index in [1.807, 2.05) is 19.1 Å². The molecular weight excluding hydrogens is 318 g/mol. The van der Waals surface area contributed by atoms with E-state index < -0.39 is 5.41 Å². The van der Waals surface area contributed by atoms with Crippen molar-refractivity contribution < 1.29 is 19.1 Å². The second kappa shape index (κ2) is 5.61. The van der Waals surface area contributed by atoms with Gasteiger partial charge in [0.05, 0.1) is 19.6 Å². The lowest BCUT2D eigenvalue weighted by Gasteiger charge is -2.51. The molecule has 0 spiro atoms. The fourth-order valence-corrected chi connectivity index (χ4v) is 4.51. The Morgan fingerprint density at radius 2 is 1.84 bits per heavy atom. The minimum absolute atomic E-state index is 0.0394. The maximum atomic E-state index is 12.9. The molecule has 5 nitrogen and oxygen atoms in total. The van der Waals surface area contributed by atoms with Gasteiger partial charge in [-0.2, -0.15) is 0 Å². The number of fused-ring (bicyclic) bond motifs is 5. The fraction of sp³-hybridized carbons (Fsp3) is 0.500. The molecule has 0 radical (unpaired) electrons. The number of methoxy groups -OCH3 is 2. The lowest BCUT2D eigenvalue weighted by molar-refractivity contribution is -0.135. The molecule has 4 rings (SSSR count). The molecule has 1 aromatic rings. The van der Waals surface area contributed by atoms with Crippen LogP contribution in [-0.2, 0) is 16.0 Å². The smallest absolute Gasteiger partial charge is 0.165 e. The lowest BCUT2D eigenvalue weighted by Crippen LogP contribution is -2.57. The average Bonchev–Trinajstić information content (AvgIpc) is 2.62. The third-order valence-electron chi connectivity index (χ3n) is 6.10. The van der Waals surface area contributed by atoms with Crippen LogP contribution in [0.1, 0.15) is 37.3 Å². The van der Waals surface area contributed by atoms with Crippen molar-refractivity contribution in [2.75, 3.05) is 20.8 Å². The summed E-state index contributed by atoms with van der Waals surface area (Å²) in [5, 5.41) is 0. The van der Waals surface area contributed by atoms with Crippen molar-refractivity contribution in [3.8, 4) is 11.5 Å². The van der Waals surface area contributed by atoms with Gasteiger partial charge in [-0.25, -0.2) is 0 Å². The Labute approximate surface area is 147 Å². The van der Waals surface area contributed by atoms with Gasteiger partial charge in [-0.3, -0.25) is 9.59 Å². The Morgan fingerprint density at radius 1 is 1.12 bits per heavy atom. The van der Waals surface area contributed by atoms with Crippen LogP contribution < -0.4 is 9.47 Å². The summed E-state index contributed by atoms with van der Waals surface area (Å²) in [6.45, 7) is 2.83. The molecule has 2 aliphatic heterocycles. The van der Waals surface area contributed by atoms with Crippen LogP contribution in [0.25, 0.3) is 5.70 Å². The van der Waals surface area contributed by atoms with Crippen LogP contribution in [0.15, 0.2) is 18.2 Å². The van der Waals surface area contributed by atoms with Crippen LogP contribution in [0.4, 0.5) is 0 Å². The molecule has 5 heteroatoms. The molecule has 0 aromatic heterocycles. The maximum absolute atomic E-state index is 12.9. The van der Waals surface area contributed by atoms with Gasteiger partial charge in [-0.05, 0) is 30.5 Å². The normalized spacial score (nSPS) is 27.9. The van der Waals surface area contributed by atoms with Crippen molar-refractivity contribution in [1.82, 2.24) is 4.90 Å². The van der Waals surface area contributed by atoms with Crippen molar-refractivity contribution in [3.63, 3.8) is 0 Å². The molecule has 1 aliphatic carbocycles. The van der Waals surface area contributed by atoms with Gasteiger partial charge in [-0.15, -0.1) is 0 Å². The van der Waals surface area contributed by atoms with E-state index in [0.29, 0.717) is 30.8 Å². The fourth-order valence-electron chi connectivity index (χ4n) is 4.51. The first-order chi connectivity index (χ1) is 12.0. The summed E-state index contributed by atoms with van der Waals surface area (Å²) in [5.74, 6) is 1.76. The number of nitrogens with zero attached hydrogens (tertiary/aromatic N) is 1. The van der Waals surface area contributed by atoms with Crippen molar-refractivity contribution in [3.05, 3.63) is 29.3 Å². The predicted molar refractivity (Wildman–Crippen MR) is 93.7 cm³/mol. The Morgan fingerprint density at radius 3 is 2.56 bits per heavy atom. The molecule has 0 N–H and O–H groups in total. The maximum Gasteiger partial charge on any atom is 0.165 e. The van der Waals surface area contributed by atoms with Crippen LogP contribution >= 0.6 is 0 Å². The highest BCUT2D eigenvalue weighted by Crippen LogP contribution is 2.48. The van der Waals surface area contributed by atoms with E-state index in [-0.39, 0.29) is 17.6 Å². The average molecular weight is 341 g/mol. The molecular formula is C20H23NO4. The van der Waals surface area contributed by atoms with E-state index in [1.165, 1.54) is 0 Å². The molecule has 1 aromatic carbocycles. The van der Waals surface area contributed by atoms with Crippen molar-refractivity contribution in [2.45, 2.75) is 38.6 Å². The van der Waals surface area contributed by atoms with Gasteiger partial charge in [0.15, 0.2) is 17.3 Å². The highest BCUT2D eigenvalue weighted by molar-refractivity contribution is 6.04. The Bertz CT molecular complexity index is 797. The first-order valence-corrected chi connectivity index (χ1v) is 8.77. The number of hydrogen-bond acceptors (Lipinski definition) is 5. The van der Waals surface area contributed by atoms with Crippen LogP contribution in [0, 0.1) is 5.41 Å². The second-order valence-corrected chi connectivity index (χ2v) is 7.38. The number of carbonyl (C=O) groups excluding carboxylic acids is 2. The predicted octanol–water partition coefficient (Wildman–Crippen LogP) is 2.61. The zero-order valence-corrected chi connectivity index (χ0v) is 14.9. The van der Waals surface area contributed by atoms with E-state index in [0.717, 1.165) is 29.8 Å². The summed E-state index contributed by atoms with van der Waals surface area (Å²) < 4.78 is 10.8. The molecule has 2 unspecified atom stereocenters. The minimum atomic E-state index is -0.453. The number of carbonyl (C=O) groups is 2. The zero-order chi connectivity index (χ0) is 17.8. The topological polar surface area (TPSA) is 55.8 Å². The van der Waals surface area contributed by atoms with E-state index >= 15 is 0 Å². The summed E-state index contributed by atoms with van der Waals surface area (Å²) in [6, 6.07) is 3.91. The summed E-state index contributed by atoms with van der Waals surface area (Å²) in [4.78, 5) is 27.3. The van der Waals surface area contributed by atoms with Crippen molar-refractivity contribution in [1.29, 1.82) is 0 Å². The molecule has 25 heavy (non-hydrogen) atoms. The van der Waals surface area contributed by atoms with E-state index in [9.17, 15) is 9.59 Å². The van der Waals surface area contributed by atoms with Crippen molar-refractivity contribution in [2.24, 2.45) is 5.41 Å². The van der Waals surface area contributed by atoms with Crippen LogP contribution in [0.5, 0.6) is 11.5 Å². The quantitative estimate of drug-likeness (QED) is 0.828. The van der Waals surface area contributed by atoms with E-state index in [1.54, 1.807) is 20.3 Å². The minimum Gasteiger partial charge on any atom is -0.493 e. The van der Waals surface area contributed by atoms with E-state index in [4.69, 9.17) is 9.47 Å². The number of rotatable bonds is 2. The van der Waals surface area contributed by atoms with E-state index in [2.05, 4.69) is 4.90 Å². The van der Waals surface area contributed by atoms with Crippen LogP contribution in [0.2, 0.25) is 0 Å². The van der Waals surface area contributed by atoms with Crippen LogP contribution in [0.3, 0.4) is 0 Å². The Balaban J connectivity index is 1.84. The van der Waals surface area contributed by atoms with Gasteiger partial charge in [0.2, 0.25) is 0 Å². The Kier molecular flexibility index (Phi) is 3.63. The number of hydrogen-bond donors (Lipinski definition) is 0. The van der Waals surface area contributed by atoms with Gasteiger partial charge < -0.3 is 14.4 Å². The summed E-state index contributed by atoms with van der Waals surface area (Å²) >= 11 is 0. The summed E-state index contributed by atoms with van der Waals surface area (Å²) in [5.41, 5.74) is 2.63. The second-order valence-electron chi connectivity index (χ2n) is 7.38. The highest BCUT2D eigenvalue weighted by Gasteiger charge is 2.51. The monoisotopic (exact) mass is 341 g/mol. The third-order valence-corrected chi connectivity index (χ3v) is 6.10. The van der Waals surface area contributed by atoms with Gasteiger partial charge in [0.25, 0.3) is 0 Å². The first kappa shape index (κ1) is 16.2. The van der Waals surface area contributed by atoms with Gasteiger partial charge >= 0.3 is 0 Å². The molecule has 0 saturated heterocycles. The molecule has 0 amide bonds. The zero-order valence-electron chi connectivity index (χ0n) is 14.9. The van der Waals surface area contributed by atoms with Gasteiger partial charge in [0.1, 0.15) is 5.78 Å². The largest absolute Gasteiger partial charge is 0.493 e. The van der Waals surface area contributed by atoms with Gasteiger partial charge in [-0.1, -0.05) is 6.92 Å². The number of ketones is 2. The summed E-state index contributed by atoms with van der Waals surface area (Å²) in [6.07, 6.45) is 4.26. The van der Waals surface area contributed by atoms with Crippen LogP contribution in [-0.4, -0.2) is 43.3 Å². The molecule has 1 saturated carbocycles.